The van der Waals surface area contributed by atoms with Gasteiger partial charge in [0.1, 0.15) is 0 Å². The molecule has 3 nitrogen and oxygen atoms in total. The first-order valence-corrected chi connectivity index (χ1v) is 9.08. The zero-order valence-corrected chi connectivity index (χ0v) is 14.9. The van der Waals surface area contributed by atoms with E-state index in [2.05, 4.69) is 16.2 Å². The van der Waals surface area contributed by atoms with Crippen molar-refractivity contribution >= 4 is 30.5 Å². The Morgan fingerprint density at radius 2 is 2.13 bits per heavy atom. The van der Waals surface area contributed by atoms with Crippen LogP contribution in [0.15, 0.2) is 42.6 Å². The molecule has 1 N–H and O–H groups in total. The standard InChI is InChI=1S/C18H17AsFN2O/c1-4-18(3,5-2)22-17(23)13-9-8-12-21-16(13)19-14-10-6-7-11-15(14)20/h1,6-12H,5H2,2-3H3,(H,22,23)/t18-/m1/s1. The molecule has 1 atom stereocenters. The predicted molar refractivity (Wildman–Crippen MR) is 90.7 cm³/mol. The fourth-order valence-electron chi connectivity index (χ4n) is 1.86. The number of hydrogen-bond acceptors (Lipinski definition) is 2. The van der Waals surface area contributed by atoms with Gasteiger partial charge in [-0.1, -0.05) is 0 Å². The number of halogens is 1. The Hall–Kier alpha value is -2.11. The summed E-state index contributed by atoms with van der Waals surface area (Å²) >= 11 is -0.730. The summed E-state index contributed by atoms with van der Waals surface area (Å²) in [5.41, 5.74) is -0.260. The van der Waals surface area contributed by atoms with Crippen LogP contribution in [0.4, 0.5) is 4.39 Å². The Bertz CT molecular complexity index is 757. The zero-order chi connectivity index (χ0) is 16.9. The minimum atomic E-state index is -0.730. The second-order valence-corrected chi connectivity index (χ2v) is 7.59. The van der Waals surface area contributed by atoms with Gasteiger partial charge in [0.05, 0.1) is 0 Å². The molecule has 0 aliphatic carbocycles. The molecule has 1 aromatic carbocycles. The molecule has 0 saturated carbocycles. The number of hydrogen-bond donors (Lipinski definition) is 1. The number of nitrogens with zero attached hydrogens (tertiary/aromatic N) is 1. The predicted octanol–water partition coefficient (Wildman–Crippen LogP) is 1.41. The van der Waals surface area contributed by atoms with E-state index in [4.69, 9.17) is 6.42 Å². The molecule has 0 aliphatic rings. The van der Waals surface area contributed by atoms with E-state index < -0.39 is 21.3 Å². The van der Waals surface area contributed by atoms with Crippen molar-refractivity contribution in [2.45, 2.75) is 25.8 Å². The monoisotopic (exact) mass is 371 g/mol. The van der Waals surface area contributed by atoms with Crippen LogP contribution < -0.4 is 14.1 Å². The maximum atomic E-state index is 13.9. The summed E-state index contributed by atoms with van der Waals surface area (Å²) in [5, 5.41) is 2.86. The molecule has 2 aromatic rings. The summed E-state index contributed by atoms with van der Waals surface area (Å²) in [6, 6.07) is 9.96. The van der Waals surface area contributed by atoms with Crippen molar-refractivity contribution < 1.29 is 9.18 Å². The maximum absolute atomic E-state index is 13.9. The van der Waals surface area contributed by atoms with Gasteiger partial charge in [0.15, 0.2) is 0 Å². The number of aromatic nitrogens is 1. The Morgan fingerprint density at radius 3 is 2.78 bits per heavy atom. The Balaban J connectivity index is 2.29. The zero-order valence-electron chi connectivity index (χ0n) is 13.0. The van der Waals surface area contributed by atoms with Crippen LogP contribution in [0.5, 0.6) is 0 Å². The summed E-state index contributed by atoms with van der Waals surface area (Å²) in [6.07, 6.45) is 7.73. The van der Waals surface area contributed by atoms with Gasteiger partial charge in [0.2, 0.25) is 0 Å². The summed E-state index contributed by atoms with van der Waals surface area (Å²) in [5.74, 6) is 2.05. The number of rotatable bonds is 5. The van der Waals surface area contributed by atoms with Crippen LogP contribution in [-0.4, -0.2) is 32.2 Å². The Kier molecular flexibility index (Phi) is 5.58. The van der Waals surface area contributed by atoms with E-state index in [9.17, 15) is 9.18 Å². The first-order chi connectivity index (χ1) is 11.0. The van der Waals surface area contributed by atoms with E-state index in [1.807, 2.05) is 6.92 Å². The summed E-state index contributed by atoms with van der Waals surface area (Å²) < 4.78 is 15.1. The Labute approximate surface area is 142 Å². The molecule has 0 aliphatic heterocycles. The van der Waals surface area contributed by atoms with Crippen LogP contribution in [0.25, 0.3) is 0 Å². The summed E-state index contributed by atoms with van der Waals surface area (Å²) in [6.45, 7) is 3.71. The molecule has 5 heteroatoms. The van der Waals surface area contributed by atoms with Gasteiger partial charge in [-0.2, -0.15) is 0 Å². The molecule has 117 valence electrons. The molecule has 23 heavy (non-hydrogen) atoms. The summed E-state index contributed by atoms with van der Waals surface area (Å²) in [7, 11) is 0. The molecule has 0 bridgehead atoms. The van der Waals surface area contributed by atoms with Crippen molar-refractivity contribution in [2.24, 2.45) is 0 Å². The molecule has 1 radical (unpaired) electrons. The molecule has 0 unspecified atom stereocenters. The quantitative estimate of drug-likeness (QED) is 0.638. The number of benzene rings is 1. The van der Waals surface area contributed by atoms with Gasteiger partial charge in [0, 0.05) is 0 Å². The van der Waals surface area contributed by atoms with Crippen LogP contribution in [-0.2, 0) is 0 Å². The summed E-state index contributed by atoms with van der Waals surface area (Å²) in [4.78, 5) is 16.8. The van der Waals surface area contributed by atoms with E-state index in [1.165, 1.54) is 6.07 Å². The molecule has 0 spiro atoms. The van der Waals surface area contributed by atoms with Gasteiger partial charge in [-0.3, -0.25) is 0 Å². The van der Waals surface area contributed by atoms with Gasteiger partial charge in [0.25, 0.3) is 0 Å². The second kappa shape index (κ2) is 7.44. The van der Waals surface area contributed by atoms with Crippen LogP contribution in [0.3, 0.4) is 0 Å². The van der Waals surface area contributed by atoms with Gasteiger partial charge in [-0.25, -0.2) is 0 Å². The van der Waals surface area contributed by atoms with Crippen LogP contribution in [0.1, 0.15) is 30.6 Å². The molecule has 1 heterocycles. The molecule has 2 rings (SSSR count). The third kappa shape index (κ3) is 4.21. The van der Waals surface area contributed by atoms with E-state index in [0.717, 1.165) is 0 Å². The topological polar surface area (TPSA) is 42.0 Å². The van der Waals surface area contributed by atoms with Crippen LogP contribution >= 0.6 is 0 Å². The second-order valence-electron chi connectivity index (χ2n) is 5.22. The van der Waals surface area contributed by atoms with Gasteiger partial charge in [-0.05, 0) is 0 Å². The van der Waals surface area contributed by atoms with Crippen molar-refractivity contribution in [3.05, 3.63) is 54.0 Å². The molecule has 1 aromatic heterocycles. The Morgan fingerprint density at radius 1 is 1.39 bits per heavy atom. The van der Waals surface area contributed by atoms with Gasteiger partial charge < -0.3 is 0 Å². The van der Waals surface area contributed by atoms with Gasteiger partial charge in [-0.15, -0.1) is 0 Å². The van der Waals surface area contributed by atoms with Crippen molar-refractivity contribution in [3.8, 4) is 12.3 Å². The molecular weight excluding hydrogens is 354 g/mol. The van der Waals surface area contributed by atoms with Crippen molar-refractivity contribution in [2.75, 3.05) is 0 Å². The number of amides is 1. The van der Waals surface area contributed by atoms with E-state index >= 15 is 0 Å². The normalized spacial score (nSPS) is 13.5. The molecule has 0 fully saturated rings. The van der Waals surface area contributed by atoms with Crippen molar-refractivity contribution in [3.63, 3.8) is 0 Å². The average Bonchev–Trinajstić information content (AvgIpc) is 2.57. The van der Waals surface area contributed by atoms with E-state index in [1.54, 1.807) is 43.5 Å². The fourth-order valence-corrected chi connectivity index (χ4v) is 3.94. The average molecular weight is 371 g/mol. The number of carbonyl (C=O) groups excluding carboxylic acids is 1. The van der Waals surface area contributed by atoms with Crippen LogP contribution in [0, 0.1) is 18.2 Å². The number of terminal acetylenes is 1. The van der Waals surface area contributed by atoms with Gasteiger partial charge >= 0.3 is 142 Å². The molecule has 0 saturated heterocycles. The fraction of sp³-hybridized carbons (Fsp3) is 0.222. The van der Waals surface area contributed by atoms with Crippen molar-refractivity contribution in [1.82, 2.24) is 10.3 Å². The number of nitrogens with one attached hydrogen (secondary N) is 1. The van der Waals surface area contributed by atoms with Crippen molar-refractivity contribution in [1.29, 1.82) is 0 Å². The molecule has 1 amide bonds. The first kappa shape index (κ1) is 17.2. The SMILES string of the molecule is C#C[C@](C)(CC)NC(=O)c1cccnc1[As]c1ccccc1F. The van der Waals surface area contributed by atoms with Crippen LogP contribution in [0.2, 0.25) is 0 Å². The molecular formula is C18H17AsFN2O. The van der Waals surface area contributed by atoms with E-state index in [0.29, 0.717) is 20.8 Å². The number of carbonyl (C=O) groups is 1. The minimum absolute atomic E-state index is 0.272. The number of pyridine rings is 1. The first-order valence-electron chi connectivity index (χ1n) is 7.20. The third-order valence-corrected chi connectivity index (χ3v) is 5.98. The van der Waals surface area contributed by atoms with E-state index in [-0.39, 0.29) is 11.7 Å². The third-order valence-electron chi connectivity index (χ3n) is 3.53.